The number of aliphatic hydroxyl groups is 1. The molecule has 1 aromatic heterocycles. The van der Waals surface area contributed by atoms with E-state index >= 15 is 0 Å². The topological polar surface area (TPSA) is 88.7 Å². The van der Waals surface area contributed by atoms with Crippen LogP contribution in [0.3, 0.4) is 0 Å². The quantitative estimate of drug-likeness (QED) is 0.757. The molecule has 7 heteroatoms. The standard InChI is InChI=1S/C10H15N3O3S/c11-3-9-12-8(6-17-9)10(15)13-1-2-16-5-7(13)4-14/h6-7,14H,1-5,11H2. The fraction of sp³-hybridized carbons (Fsp3) is 0.600. The maximum absolute atomic E-state index is 12.2. The summed E-state index contributed by atoms with van der Waals surface area (Å²) in [6.07, 6.45) is 0. The highest BCUT2D eigenvalue weighted by atomic mass is 32.1. The van der Waals surface area contributed by atoms with Gasteiger partial charge in [-0.2, -0.15) is 0 Å². The van der Waals surface area contributed by atoms with Crippen molar-refractivity contribution in [3.63, 3.8) is 0 Å². The molecular formula is C10H15N3O3S. The van der Waals surface area contributed by atoms with E-state index in [9.17, 15) is 9.90 Å². The fourth-order valence-corrected chi connectivity index (χ4v) is 2.37. The summed E-state index contributed by atoms with van der Waals surface area (Å²) in [5.74, 6) is -0.164. The molecule has 6 nitrogen and oxygen atoms in total. The van der Waals surface area contributed by atoms with Crippen LogP contribution in [0.25, 0.3) is 0 Å². The molecule has 1 aliphatic heterocycles. The van der Waals surface area contributed by atoms with E-state index in [0.29, 0.717) is 32.0 Å². The summed E-state index contributed by atoms with van der Waals surface area (Å²) < 4.78 is 5.22. The minimum absolute atomic E-state index is 0.0976. The number of hydrogen-bond acceptors (Lipinski definition) is 6. The van der Waals surface area contributed by atoms with Crippen molar-refractivity contribution in [1.29, 1.82) is 0 Å². The van der Waals surface area contributed by atoms with E-state index in [1.807, 2.05) is 0 Å². The Kier molecular flexibility index (Phi) is 4.06. The molecule has 1 saturated heterocycles. The molecule has 3 N–H and O–H groups in total. The highest BCUT2D eigenvalue weighted by Crippen LogP contribution is 2.15. The summed E-state index contributed by atoms with van der Waals surface area (Å²) in [6.45, 7) is 1.59. The van der Waals surface area contributed by atoms with Crippen molar-refractivity contribution < 1.29 is 14.6 Å². The fourth-order valence-electron chi connectivity index (χ4n) is 1.72. The van der Waals surface area contributed by atoms with E-state index in [-0.39, 0.29) is 18.6 Å². The number of amides is 1. The highest BCUT2D eigenvalue weighted by Gasteiger charge is 2.28. The summed E-state index contributed by atoms with van der Waals surface area (Å²) >= 11 is 1.37. The first kappa shape index (κ1) is 12.4. The summed E-state index contributed by atoms with van der Waals surface area (Å²) in [7, 11) is 0. The van der Waals surface area contributed by atoms with Crippen LogP contribution in [0.5, 0.6) is 0 Å². The van der Waals surface area contributed by atoms with Crippen LogP contribution in [0.4, 0.5) is 0 Å². The lowest BCUT2D eigenvalue weighted by molar-refractivity contribution is -0.0186. The Morgan fingerprint density at radius 3 is 3.24 bits per heavy atom. The van der Waals surface area contributed by atoms with Crippen molar-refractivity contribution in [2.75, 3.05) is 26.4 Å². The summed E-state index contributed by atoms with van der Waals surface area (Å²) in [4.78, 5) is 17.9. The van der Waals surface area contributed by atoms with Gasteiger partial charge in [0.15, 0.2) is 0 Å². The molecule has 2 rings (SSSR count). The number of rotatable bonds is 3. The molecule has 1 aromatic rings. The molecule has 94 valence electrons. The van der Waals surface area contributed by atoms with Gasteiger partial charge in [0, 0.05) is 18.5 Å². The molecule has 1 fully saturated rings. The zero-order valence-electron chi connectivity index (χ0n) is 9.33. The van der Waals surface area contributed by atoms with Gasteiger partial charge in [0.1, 0.15) is 10.7 Å². The van der Waals surface area contributed by atoms with Crippen LogP contribution in [0.15, 0.2) is 5.38 Å². The Labute approximate surface area is 103 Å². The van der Waals surface area contributed by atoms with Gasteiger partial charge in [-0.1, -0.05) is 0 Å². The molecule has 1 aliphatic rings. The first-order valence-corrected chi connectivity index (χ1v) is 6.28. The smallest absolute Gasteiger partial charge is 0.273 e. The average molecular weight is 257 g/mol. The zero-order chi connectivity index (χ0) is 12.3. The van der Waals surface area contributed by atoms with Crippen molar-refractivity contribution in [2.45, 2.75) is 12.6 Å². The number of hydrogen-bond donors (Lipinski definition) is 2. The molecule has 1 unspecified atom stereocenters. The normalized spacial score (nSPS) is 20.6. The Bertz CT molecular complexity index is 396. The van der Waals surface area contributed by atoms with Gasteiger partial charge in [-0.05, 0) is 0 Å². The van der Waals surface area contributed by atoms with Crippen LogP contribution in [-0.4, -0.2) is 53.3 Å². The van der Waals surface area contributed by atoms with Crippen LogP contribution < -0.4 is 5.73 Å². The van der Waals surface area contributed by atoms with Crippen LogP contribution in [0, 0.1) is 0 Å². The van der Waals surface area contributed by atoms with E-state index < -0.39 is 0 Å². The SMILES string of the molecule is NCc1nc(C(=O)N2CCOCC2CO)cs1. The van der Waals surface area contributed by atoms with Gasteiger partial charge < -0.3 is 20.5 Å². The van der Waals surface area contributed by atoms with Gasteiger partial charge in [0.2, 0.25) is 0 Å². The largest absolute Gasteiger partial charge is 0.394 e. The molecule has 0 aromatic carbocycles. The third-order valence-electron chi connectivity index (χ3n) is 2.64. The molecule has 0 radical (unpaired) electrons. The Morgan fingerprint density at radius 2 is 2.59 bits per heavy atom. The molecular weight excluding hydrogens is 242 g/mol. The maximum atomic E-state index is 12.2. The number of carbonyl (C=O) groups is 1. The third kappa shape index (κ3) is 2.63. The zero-order valence-corrected chi connectivity index (χ0v) is 10.2. The van der Waals surface area contributed by atoms with Crippen molar-refractivity contribution in [1.82, 2.24) is 9.88 Å². The van der Waals surface area contributed by atoms with Gasteiger partial charge in [0.25, 0.3) is 5.91 Å². The summed E-state index contributed by atoms with van der Waals surface area (Å²) in [5, 5.41) is 11.6. The minimum atomic E-state index is -0.278. The number of aliphatic hydroxyl groups excluding tert-OH is 1. The second-order valence-corrected chi connectivity index (χ2v) is 4.68. The number of ether oxygens (including phenoxy) is 1. The van der Waals surface area contributed by atoms with Gasteiger partial charge in [-0.25, -0.2) is 4.98 Å². The average Bonchev–Trinajstić information content (AvgIpc) is 2.86. The molecule has 0 bridgehead atoms. The Balaban J connectivity index is 2.12. The lowest BCUT2D eigenvalue weighted by Gasteiger charge is -2.33. The first-order valence-electron chi connectivity index (χ1n) is 5.40. The van der Waals surface area contributed by atoms with Gasteiger partial charge in [-0.15, -0.1) is 11.3 Å². The van der Waals surface area contributed by atoms with Crippen molar-refractivity contribution in [3.05, 3.63) is 16.1 Å². The number of nitrogens with zero attached hydrogens (tertiary/aromatic N) is 2. The van der Waals surface area contributed by atoms with Gasteiger partial charge in [-0.3, -0.25) is 4.79 Å². The minimum Gasteiger partial charge on any atom is -0.394 e. The van der Waals surface area contributed by atoms with Crippen LogP contribution in [0.1, 0.15) is 15.5 Å². The molecule has 2 heterocycles. The number of thiazole rings is 1. The van der Waals surface area contributed by atoms with E-state index in [0.717, 1.165) is 5.01 Å². The number of nitrogens with two attached hydrogens (primary N) is 1. The lowest BCUT2D eigenvalue weighted by atomic mass is 10.2. The molecule has 1 amide bonds. The molecule has 0 aliphatic carbocycles. The number of carbonyl (C=O) groups excluding carboxylic acids is 1. The molecule has 0 spiro atoms. The van der Waals surface area contributed by atoms with Crippen LogP contribution >= 0.6 is 11.3 Å². The van der Waals surface area contributed by atoms with E-state index in [1.54, 1.807) is 10.3 Å². The molecule has 17 heavy (non-hydrogen) atoms. The summed E-state index contributed by atoms with van der Waals surface area (Å²) in [5.41, 5.74) is 5.86. The summed E-state index contributed by atoms with van der Waals surface area (Å²) in [6, 6.07) is -0.278. The first-order chi connectivity index (χ1) is 8.26. The number of morpholine rings is 1. The lowest BCUT2D eigenvalue weighted by Crippen LogP contribution is -2.50. The second-order valence-electron chi connectivity index (χ2n) is 3.74. The third-order valence-corrected chi connectivity index (χ3v) is 3.52. The second kappa shape index (κ2) is 5.54. The monoisotopic (exact) mass is 257 g/mol. The van der Waals surface area contributed by atoms with Gasteiger partial charge >= 0.3 is 0 Å². The van der Waals surface area contributed by atoms with Gasteiger partial charge in [0.05, 0.1) is 25.9 Å². The van der Waals surface area contributed by atoms with Crippen LogP contribution in [-0.2, 0) is 11.3 Å². The molecule has 1 atom stereocenters. The maximum Gasteiger partial charge on any atom is 0.273 e. The Hall–Kier alpha value is -1.02. The van der Waals surface area contributed by atoms with E-state index in [1.165, 1.54) is 11.3 Å². The van der Waals surface area contributed by atoms with Crippen LogP contribution in [0.2, 0.25) is 0 Å². The van der Waals surface area contributed by atoms with Crippen molar-refractivity contribution in [3.8, 4) is 0 Å². The van der Waals surface area contributed by atoms with Crippen molar-refractivity contribution in [2.24, 2.45) is 5.73 Å². The molecule has 0 saturated carbocycles. The predicted molar refractivity (Wildman–Crippen MR) is 62.7 cm³/mol. The van der Waals surface area contributed by atoms with Crippen molar-refractivity contribution >= 4 is 17.2 Å². The highest BCUT2D eigenvalue weighted by molar-refractivity contribution is 7.09. The number of aromatic nitrogens is 1. The Morgan fingerprint density at radius 1 is 1.76 bits per heavy atom. The van der Waals surface area contributed by atoms with E-state index in [2.05, 4.69) is 4.98 Å². The predicted octanol–water partition coefficient (Wildman–Crippen LogP) is -0.565. The van der Waals surface area contributed by atoms with E-state index in [4.69, 9.17) is 10.5 Å².